The highest BCUT2D eigenvalue weighted by molar-refractivity contribution is 6.31. The first kappa shape index (κ1) is 12.0. The van der Waals surface area contributed by atoms with Crippen LogP contribution in [-0.4, -0.2) is 20.1 Å². The lowest BCUT2D eigenvalue weighted by molar-refractivity contribution is 0.468. The van der Waals surface area contributed by atoms with Gasteiger partial charge in [0.15, 0.2) is 0 Å². The van der Waals surface area contributed by atoms with E-state index in [9.17, 15) is 5.11 Å². The van der Waals surface area contributed by atoms with Crippen molar-refractivity contribution >= 4 is 22.6 Å². The van der Waals surface area contributed by atoms with Crippen molar-refractivity contribution in [3.8, 4) is 11.4 Å². The molecule has 0 aliphatic carbocycles. The Balaban J connectivity index is 2.13. The van der Waals surface area contributed by atoms with Crippen molar-refractivity contribution in [1.29, 1.82) is 0 Å². The molecular weight excluding hydrogens is 264 g/mol. The third-order valence-electron chi connectivity index (χ3n) is 2.86. The monoisotopic (exact) mass is 274 g/mol. The lowest BCUT2D eigenvalue weighted by atomic mass is 10.2. The molecule has 0 aliphatic heterocycles. The zero-order chi connectivity index (χ0) is 13.4. The van der Waals surface area contributed by atoms with Crippen LogP contribution in [0.15, 0.2) is 36.4 Å². The average molecular weight is 275 g/mol. The summed E-state index contributed by atoms with van der Waals surface area (Å²) in [6.45, 7) is 0.256. The number of rotatable bonds is 2. The van der Waals surface area contributed by atoms with Crippen LogP contribution in [0.2, 0.25) is 5.02 Å². The van der Waals surface area contributed by atoms with E-state index in [1.807, 2.05) is 6.07 Å². The molecule has 0 atom stereocenters. The minimum absolute atomic E-state index is 0.172. The average Bonchev–Trinajstić information content (AvgIpc) is 2.82. The quantitative estimate of drug-likeness (QED) is 0.751. The minimum atomic E-state index is 0.172. The van der Waals surface area contributed by atoms with Crippen LogP contribution < -0.4 is 5.73 Å². The van der Waals surface area contributed by atoms with Crippen LogP contribution in [0.5, 0.6) is 5.75 Å². The molecule has 0 bridgehead atoms. The van der Waals surface area contributed by atoms with Crippen molar-refractivity contribution in [2.75, 3.05) is 0 Å². The number of phenolic OH excluding ortho intramolecular Hbond substituents is 1. The Morgan fingerprint density at radius 3 is 2.68 bits per heavy atom. The lowest BCUT2D eigenvalue weighted by Gasteiger charge is -2.04. The van der Waals surface area contributed by atoms with Crippen LogP contribution in [0.3, 0.4) is 0 Å². The number of nitrogens with zero attached hydrogens (tertiary/aromatic N) is 3. The fraction of sp³-hybridized carbons (Fsp3) is 0.0769. The van der Waals surface area contributed by atoms with Crippen LogP contribution in [0.1, 0.15) is 5.56 Å². The van der Waals surface area contributed by atoms with Gasteiger partial charge in [-0.25, -0.2) is 0 Å². The molecule has 96 valence electrons. The molecule has 0 amide bonds. The van der Waals surface area contributed by atoms with Gasteiger partial charge in [0, 0.05) is 17.1 Å². The van der Waals surface area contributed by atoms with Gasteiger partial charge in [0.2, 0.25) is 0 Å². The van der Waals surface area contributed by atoms with E-state index in [4.69, 9.17) is 17.3 Å². The van der Waals surface area contributed by atoms with Gasteiger partial charge in [0.05, 0.1) is 5.69 Å². The third-order valence-corrected chi connectivity index (χ3v) is 3.09. The summed E-state index contributed by atoms with van der Waals surface area (Å²) < 4.78 is 0. The van der Waals surface area contributed by atoms with E-state index in [2.05, 4.69) is 10.2 Å². The molecule has 0 spiro atoms. The summed E-state index contributed by atoms with van der Waals surface area (Å²) >= 11 is 5.92. The zero-order valence-electron chi connectivity index (χ0n) is 9.92. The largest absolute Gasteiger partial charge is 0.508 e. The van der Waals surface area contributed by atoms with E-state index in [-0.39, 0.29) is 12.3 Å². The topological polar surface area (TPSA) is 77.0 Å². The van der Waals surface area contributed by atoms with Gasteiger partial charge in [0.1, 0.15) is 16.8 Å². The molecule has 1 heterocycles. The van der Waals surface area contributed by atoms with E-state index in [0.29, 0.717) is 10.6 Å². The van der Waals surface area contributed by atoms with Gasteiger partial charge in [0.25, 0.3) is 0 Å². The van der Waals surface area contributed by atoms with Gasteiger partial charge in [-0.3, -0.25) is 0 Å². The van der Waals surface area contributed by atoms with Crippen LogP contribution in [0.4, 0.5) is 0 Å². The molecule has 19 heavy (non-hydrogen) atoms. The molecule has 0 saturated heterocycles. The standard InChI is InChI=1S/C13H11ClN4O/c14-9-1-3-11-12(6-9)17-18(16-11)10-2-4-13(19)8(5-10)7-15/h1-6,19H,7,15H2. The maximum atomic E-state index is 9.61. The van der Waals surface area contributed by atoms with E-state index in [1.165, 1.54) is 4.80 Å². The molecule has 0 saturated carbocycles. The van der Waals surface area contributed by atoms with Crippen LogP contribution in [0, 0.1) is 0 Å². The number of phenols is 1. The molecule has 0 aliphatic rings. The molecule has 3 N–H and O–H groups in total. The Kier molecular flexibility index (Phi) is 2.85. The summed E-state index contributed by atoms with van der Waals surface area (Å²) in [5.74, 6) is 0.172. The number of hydrogen-bond donors (Lipinski definition) is 2. The molecule has 3 rings (SSSR count). The molecule has 5 nitrogen and oxygen atoms in total. The minimum Gasteiger partial charge on any atom is -0.508 e. The second kappa shape index (κ2) is 4.53. The van der Waals surface area contributed by atoms with Crippen LogP contribution >= 0.6 is 11.6 Å². The summed E-state index contributed by atoms with van der Waals surface area (Å²) in [7, 11) is 0. The molecule has 0 unspecified atom stereocenters. The van der Waals surface area contributed by atoms with Gasteiger partial charge in [-0.05, 0) is 36.4 Å². The predicted molar refractivity (Wildman–Crippen MR) is 73.4 cm³/mol. The fourth-order valence-corrected chi connectivity index (χ4v) is 2.03. The number of fused-ring (bicyclic) bond motifs is 1. The third kappa shape index (κ3) is 2.14. The van der Waals surface area contributed by atoms with Crippen molar-refractivity contribution in [2.24, 2.45) is 5.73 Å². The number of hydrogen-bond acceptors (Lipinski definition) is 4. The maximum Gasteiger partial charge on any atom is 0.120 e. The summed E-state index contributed by atoms with van der Waals surface area (Å²) in [5.41, 5.74) is 8.43. The Morgan fingerprint density at radius 2 is 1.89 bits per heavy atom. The number of aromatic nitrogens is 3. The Bertz CT molecular complexity index is 753. The highest BCUT2D eigenvalue weighted by atomic mass is 35.5. The molecule has 0 radical (unpaired) electrons. The number of benzene rings is 2. The van der Waals surface area contributed by atoms with E-state index in [1.54, 1.807) is 30.3 Å². The first-order valence-corrected chi connectivity index (χ1v) is 6.10. The molecular formula is C13H11ClN4O. The van der Waals surface area contributed by atoms with E-state index < -0.39 is 0 Å². The van der Waals surface area contributed by atoms with Gasteiger partial charge in [-0.2, -0.15) is 4.80 Å². The Hall–Kier alpha value is -2.11. The maximum absolute atomic E-state index is 9.61. The smallest absolute Gasteiger partial charge is 0.120 e. The first-order valence-electron chi connectivity index (χ1n) is 5.72. The normalized spacial score (nSPS) is 11.1. The summed E-state index contributed by atoms with van der Waals surface area (Å²) in [5, 5.41) is 18.9. The molecule has 2 aromatic carbocycles. The number of aromatic hydroxyl groups is 1. The van der Waals surface area contributed by atoms with E-state index in [0.717, 1.165) is 16.7 Å². The van der Waals surface area contributed by atoms with Gasteiger partial charge >= 0.3 is 0 Å². The molecule has 6 heteroatoms. The van der Waals surface area contributed by atoms with Crippen LogP contribution in [0.25, 0.3) is 16.7 Å². The van der Waals surface area contributed by atoms with Crippen LogP contribution in [-0.2, 0) is 6.54 Å². The number of halogens is 1. The fourth-order valence-electron chi connectivity index (χ4n) is 1.86. The lowest BCUT2D eigenvalue weighted by Crippen LogP contribution is -2.02. The highest BCUT2D eigenvalue weighted by Crippen LogP contribution is 2.21. The highest BCUT2D eigenvalue weighted by Gasteiger charge is 2.07. The molecule has 0 fully saturated rings. The second-order valence-electron chi connectivity index (χ2n) is 4.14. The van der Waals surface area contributed by atoms with E-state index >= 15 is 0 Å². The van der Waals surface area contributed by atoms with Crippen molar-refractivity contribution in [3.63, 3.8) is 0 Å². The second-order valence-corrected chi connectivity index (χ2v) is 4.58. The summed E-state index contributed by atoms with van der Waals surface area (Å²) in [4.78, 5) is 1.50. The summed E-state index contributed by atoms with van der Waals surface area (Å²) in [6, 6.07) is 10.4. The zero-order valence-corrected chi connectivity index (χ0v) is 10.7. The summed E-state index contributed by atoms with van der Waals surface area (Å²) in [6.07, 6.45) is 0. The Morgan fingerprint density at radius 1 is 1.11 bits per heavy atom. The van der Waals surface area contributed by atoms with Gasteiger partial charge < -0.3 is 10.8 Å². The molecule has 1 aromatic heterocycles. The van der Waals surface area contributed by atoms with Gasteiger partial charge in [-0.15, -0.1) is 10.2 Å². The van der Waals surface area contributed by atoms with Gasteiger partial charge in [-0.1, -0.05) is 11.6 Å². The van der Waals surface area contributed by atoms with Crippen molar-refractivity contribution in [1.82, 2.24) is 15.0 Å². The molecule has 3 aromatic rings. The van der Waals surface area contributed by atoms with Crippen molar-refractivity contribution in [2.45, 2.75) is 6.54 Å². The van der Waals surface area contributed by atoms with Crippen molar-refractivity contribution in [3.05, 3.63) is 47.0 Å². The van der Waals surface area contributed by atoms with Crippen molar-refractivity contribution < 1.29 is 5.11 Å². The Labute approximate surface area is 114 Å². The first-order chi connectivity index (χ1) is 9.17. The number of nitrogens with two attached hydrogens (primary N) is 1. The SMILES string of the molecule is NCc1cc(-n2nc3ccc(Cl)cc3n2)ccc1O. The predicted octanol–water partition coefficient (Wildman–Crippen LogP) is 2.24.